The number of hydrogen-bond acceptors (Lipinski definition) is 3. The summed E-state index contributed by atoms with van der Waals surface area (Å²) in [6.45, 7) is 10.8. The molecule has 0 spiro atoms. The zero-order valence-electron chi connectivity index (χ0n) is 13.2. The van der Waals surface area contributed by atoms with E-state index in [1.165, 1.54) is 0 Å². The van der Waals surface area contributed by atoms with E-state index in [4.69, 9.17) is 5.73 Å². The van der Waals surface area contributed by atoms with Crippen molar-refractivity contribution in [2.75, 3.05) is 20.1 Å². The molecule has 4 nitrogen and oxygen atoms in total. The predicted molar refractivity (Wildman–Crippen MR) is 79.9 cm³/mol. The SMILES string of the molecule is CCC(N)C(N1CCCC(C(=O)NC)C1)C(C)(C)C. The molecule has 0 aliphatic carbocycles. The maximum absolute atomic E-state index is 11.9. The van der Waals surface area contributed by atoms with E-state index in [1.807, 2.05) is 0 Å². The van der Waals surface area contributed by atoms with Gasteiger partial charge in [-0.3, -0.25) is 9.69 Å². The normalized spacial score (nSPS) is 24.8. The monoisotopic (exact) mass is 269 g/mol. The molecule has 1 amide bonds. The summed E-state index contributed by atoms with van der Waals surface area (Å²) in [6, 6.07) is 0.508. The average molecular weight is 269 g/mol. The van der Waals surface area contributed by atoms with Crippen molar-refractivity contribution in [3.05, 3.63) is 0 Å². The number of likely N-dealkylation sites (tertiary alicyclic amines) is 1. The molecule has 0 saturated carbocycles. The third-order valence-corrected chi connectivity index (χ3v) is 4.23. The lowest BCUT2D eigenvalue weighted by molar-refractivity contribution is -0.127. The second-order valence-electron chi connectivity index (χ2n) is 6.83. The molecular weight excluding hydrogens is 238 g/mol. The first-order valence-electron chi connectivity index (χ1n) is 7.52. The average Bonchev–Trinajstić information content (AvgIpc) is 2.36. The lowest BCUT2D eigenvalue weighted by Crippen LogP contribution is -2.58. The Bertz CT molecular complexity index is 298. The third kappa shape index (κ3) is 4.18. The molecule has 1 aliphatic rings. The molecule has 3 unspecified atom stereocenters. The maximum Gasteiger partial charge on any atom is 0.224 e. The Kier molecular flexibility index (Phi) is 5.81. The molecule has 112 valence electrons. The number of rotatable bonds is 4. The van der Waals surface area contributed by atoms with Gasteiger partial charge in [0.1, 0.15) is 0 Å². The molecule has 1 heterocycles. The van der Waals surface area contributed by atoms with Crippen LogP contribution < -0.4 is 11.1 Å². The fourth-order valence-electron chi connectivity index (χ4n) is 3.36. The van der Waals surface area contributed by atoms with Gasteiger partial charge in [0.2, 0.25) is 5.91 Å². The van der Waals surface area contributed by atoms with Crippen LogP contribution in [-0.4, -0.2) is 43.0 Å². The van der Waals surface area contributed by atoms with Crippen LogP contribution in [0.1, 0.15) is 47.0 Å². The van der Waals surface area contributed by atoms with E-state index in [0.29, 0.717) is 6.04 Å². The second kappa shape index (κ2) is 6.71. The van der Waals surface area contributed by atoms with Gasteiger partial charge in [-0.2, -0.15) is 0 Å². The van der Waals surface area contributed by atoms with Crippen LogP contribution in [0.15, 0.2) is 0 Å². The number of carbonyl (C=O) groups is 1. The Morgan fingerprint density at radius 3 is 2.58 bits per heavy atom. The zero-order chi connectivity index (χ0) is 14.6. The highest BCUT2D eigenvalue weighted by Gasteiger charge is 2.37. The molecular formula is C15H31N3O. The lowest BCUT2D eigenvalue weighted by atomic mass is 9.79. The Balaban J connectivity index is 2.82. The van der Waals surface area contributed by atoms with Crippen molar-refractivity contribution in [1.82, 2.24) is 10.2 Å². The lowest BCUT2D eigenvalue weighted by Gasteiger charge is -2.46. The molecule has 1 rings (SSSR count). The molecule has 0 radical (unpaired) electrons. The number of piperidine rings is 1. The van der Waals surface area contributed by atoms with Gasteiger partial charge in [0.15, 0.2) is 0 Å². The summed E-state index contributed by atoms with van der Waals surface area (Å²) in [5.41, 5.74) is 6.48. The molecule has 0 aromatic rings. The van der Waals surface area contributed by atoms with Gasteiger partial charge < -0.3 is 11.1 Å². The summed E-state index contributed by atoms with van der Waals surface area (Å²) in [7, 11) is 1.72. The van der Waals surface area contributed by atoms with Gasteiger partial charge >= 0.3 is 0 Å². The molecule has 3 N–H and O–H groups in total. The Morgan fingerprint density at radius 2 is 2.11 bits per heavy atom. The van der Waals surface area contributed by atoms with E-state index >= 15 is 0 Å². The van der Waals surface area contributed by atoms with Crippen LogP contribution in [0.25, 0.3) is 0 Å². The molecule has 0 bridgehead atoms. The van der Waals surface area contributed by atoms with Gasteiger partial charge in [-0.15, -0.1) is 0 Å². The number of nitrogens with one attached hydrogen (secondary N) is 1. The van der Waals surface area contributed by atoms with Gasteiger partial charge in [0, 0.05) is 25.7 Å². The number of carbonyl (C=O) groups excluding carboxylic acids is 1. The summed E-state index contributed by atoms with van der Waals surface area (Å²) in [6.07, 6.45) is 3.05. The van der Waals surface area contributed by atoms with Crippen molar-refractivity contribution in [2.45, 2.75) is 59.0 Å². The fourth-order valence-corrected chi connectivity index (χ4v) is 3.36. The van der Waals surface area contributed by atoms with Crippen LogP contribution >= 0.6 is 0 Å². The summed E-state index contributed by atoms with van der Waals surface area (Å²) >= 11 is 0. The smallest absolute Gasteiger partial charge is 0.224 e. The van der Waals surface area contributed by atoms with Gasteiger partial charge in [-0.05, 0) is 31.2 Å². The molecule has 4 heteroatoms. The minimum absolute atomic E-state index is 0.118. The first-order chi connectivity index (χ1) is 8.81. The molecule has 3 atom stereocenters. The summed E-state index contributed by atoms with van der Waals surface area (Å²) in [5, 5.41) is 2.78. The van der Waals surface area contributed by atoms with Crippen LogP contribution in [0.4, 0.5) is 0 Å². The number of amides is 1. The fraction of sp³-hybridized carbons (Fsp3) is 0.933. The highest BCUT2D eigenvalue weighted by Crippen LogP contribution is 2.31. The number of hydrogen-bond donors (Lipinski definition) is 2. The van der Waals surface area contributed by atoms with Gasteiger partial charge in [-0.1, -0.05) is 27.7 Å². The van der Waals surface area contributed by atoms with Crippen LogP contribution in [0.3, 0.4) is 0 Å². The van der Waals surface area contributed by atoms with Crippen molar-refractivity contribution in [3.63, 3.8) is 0 Å². The molecule has 0 aromatic heterocycles. The van der Waals surface area contributed by atoms with E-state index in [1.54, 1.807) is 7.05 Å². The molecule has 0 aromatic carbocycles. The molecule has 1 saturated heterocycles. The number of nitrogens with two attached hydrogens (primary N) is 1. The first-order valence-corrected chi connectivity index (χ1v) is 7.52. The Morgan fingerprint density at radius 1 is 1.47 bits per heavy atom. The van der Waals surface area contributed by atoms with E-state index in [9.17, 15) is 4.79 Å². The molecule has 1 aliphatic heterocycles. The van der Waals surface area contributed by atoms with Gasteiger partial charge in [-0.25, -0.2) is 0 Å². The first kappa shape index (κ1) is 16.4. The summed E-state index contributed by atoms with van der Waals surface area (Å²) in [4.78, 5) is 14.3. The van der Waals surface area contributed by atoms with E-state index in [2.05, 4.69) is 37.9 Å². The molecule has 19 heavy (non-hydrogen) atoms. The maximum atomic E-state index is 11.9. The predicted octanol–water partition coefficient (Wildman–Crippen LogP) is 1.60. The van der Waals surface area contributed by atoms with Crippen LogP contribution in [0.5, 0.6) is 0 Å². The van der Waals surface area contributed by atoms with Crippen molar-refractivity contribution >= 4 is 5.91 Å². The minimum atomic E-state index is 0.118. The van der Waals surface area contributed by atoms with Crippen molar-refractivity contribution in [1.29, 1.82) is 0 Å². The topological polar surface area (TPSA) is 58.4 Å². The van der Waals surface area contributed by atoms with Gasteiger partial charge in [0.05, 0.1) is 5.92 Å². The third-order valence-electron chi connectivity index (χ3n) is 4.23. The van der Waals surface area contributed by atoms with Crippen LogP contribution in [0, 0.1) is 11.3 Å². The van der Waals surface area contributed by atoms with Crippen molar-refractivity contribution in [3.8, 4) is 0 Å². The highest BCUT2D eigenvalue weighted by molar-refractivity contribution is 5.78. The summed E-state index contributed by atoms with van der Waals surface area (Å²) in [5.74, 6) is 0.287. The standard InChI is InChI=1S/C15H31N3O/c1-6-12(16)13(15(2,3)4)18-9-7-8-11(10-18)14(19)17-5/h11-13H,6-10,16H2,1-5H3,(H,17,19). The van der Waals surface area contributed by atoms with Crippen molar-refractivity contribution < 1.29 is 4.79 Å². The second-order valence-corrected chi connectivity index (χ2v) is 6.83. The Hall–Kier alpha value is -0.610. The molecule has 1 fully saturated rings. The van der Waals surface area contributed by atoms with Crippen molar-refractivity contribution in [2.24, 2.45) is 17.1 Å². The quantitative estimate of drug-likeness (QED) is 0.815. The summed E-state index contributed by atoms with van der Waals surface area (Å²) < 4.78 is 0. The Labute approximate surface area is 118 Å². The van der Waals surface area contributed by atoms with E-state index < -0.39 is 0 Å². The highest BCUT2D eigenvalue weighted by atomic mass is 16.1. The zero-order valence-corrected chi connectivity index (χ0v) is 13.2. The van der Waals surface area contributed by atoms with Gasteiger partial charge in [0.25, 0.3) is 0 Å². The van der Waals surface area contributed by atoms with E-state index in [-0.39, 0.29) is 23.3 Å². The number of nitrogens with zero attached hydrogens (tertiary/aromatic N) is 1. The largest absolute Gasteiger partial charge is 0.359 e. The van der Waals surface area contributed by atoms with Crippen LogP contribution in [0.2, 0.25) is 0 Å². The van der Waals surface area contributed by atoms with Crippen LogP contribution in [-0.2, 0) is 4.79 Å². The minimum Gasteiger partial charge on any atom is -0.359 e. The van der Waals surface area contributed by atoms with E-state index in [0.717, 1.165) is 32.4 Å².